The molecule has 2 unspecified atom stereocenters. The van der Waals surface area contributed by atoms with Gasteiger partial charge in [-0.15, -0.1) is 0 Å². The second-order valence-electron chi connectivity index (χ2n) is 12.9. The van der Waals surface area contributed by atoms with Crippen molar-refractivity contribution in [1.29, 1.82) is 0 Å². The van der Waals surface area contributed by atoms with E-state index < -0.39 is 26.5 Å². The van der Waals surface area contributed by atoms with Crippen LogP contribution in [0.3, 0.4) is 0 Å². The topological polar surface area (TPSA) is 108 Å². The molecule has 0 aromatic rings. The van der Waals surface area contributed by atoms with Gasteiger partial charge in [-0.1, -0.05) is 115 Å². The van der Waals surface area contributed by atoms with Crippen molar-refractivity contribution in [3.63, 3.8) is 0 Å². The lowest BCUT2D eigenvalue weighted by Crippen LogP contribution is -2.37. The summed E-state index contributed by atoms with van der Waals surface area (Å²) >= 11 is 0. The number of nitrogens with zero attached hydrogens (tertiary/aromatic N) is 1. The number of esters is 2. The lowest BCUT2D eigenvalue weighted by atomic mass is 10.1. The quantitative estimate of drug-likeness (QED) is 0.0258. The third-order valence-corrected chi connectivity index (χ3v) is 8.23. The lowest BCUT2D eigenvalue weighted by molar-refractivity contribution is -0.870. The minimum Gasteiger partial charge on any atom is -0.462 e. The Hall–Kier alpha value is -1.51. The Morgan fingerprint density at radius 2 is 1.24 bits per heavy atom. The predicted molar refractivity (Wildman–Crippen MR) is 183 cm³/mol. The summed E-state index contributed by atoms with van der Waals surface area (Å²) in [5, 5.41) is 0. The van der Waals surface area contributed by atoms with E-state index >= 15 is 0 Å². The molecule has 10 heteroatoms. The Morgan fingerprint density at radius 1 is 0.689 bits per heavy atom. The fraction of sp³-hybridized carbons (Fsp3) is 0.829. The van der Waals surface area contributed by atoms with E-state index in [-0.39, 0.29) is 32.0 Å². The lowest BCUT2D eigenvalue weighted by Gasteiger charge is -2.24. The highest BCUT2D eigenvalue weighted by Gasteiger charge is 2.27. The van der Waals surface area contributed by atoms with Gasteiger partial charge in [-0.3, -0.25) is 18.6 Å². The van der Waals surface area contributed by atoms with E-state index in [1.807, 2.05) is 33.3 Å². The van der Waals surface area contributed by atoms with Gasteiger partial charge in [0.15, 0.2) is 6.10 Å². The van der Waals surface area contributed by atoms with Crippen LogP contribution in [0.4, 0.5) is 0 Å². The maximum absolute atomic E-state index is 12.5. The zero-order valence-electron chi connectivity index (χ0n) is 29.3. The maximum atomic E-state index is 12.5. The molecular weight excluding hydrogens is 593 g/mol. The van der Waals surface area contributed by atoms with Crippen LogP contribution >= 0.6 is 7.82 Å². The number of carbonyl (C=O) groups is 2. The molecule has 0 fully saturated rings. The number of quaternary nitrogens is 1. The van der Waals surface area contributed by atoms with Gasteiger partial charge in [-0.05, 0) is 32.1 Å². The number of hydrogen-bond acceptors (Lipinski definition) is 7. The largest absolute Gasteiger partial charge is 0.472 e. The second-order valence-corrected chi connectivity index (χ2v) is 14.4. The molecule has 0 aromatic heterocycles. The van der Waals surface area contributed by atoms with Gasteiger partial charge in [0.25, 0.3) is 0 Å². The van der Waals surface area contributed by atoms with Crippen LogP contribution in [-0.4, -0.2) is 74.9 Å². The van der Waals surface area contributed by atoms with Crippen LogP contribution in [0, 0.1) is 0 Å². The Labute approximate surface area is 275 Å². The van der Waals surface area contributed by atoms with E-state index in [1.165, 1.54) is 70.6 Å². The Balaban J connectivity index is 4.58. The standard InChI is InChI=1S/C35H66NO8P/c1-6-8-10-12-14-16-17-18-19-20-22-24-26-28-35(38)44-33(32-43-45(39,40)42-30-29-36(3,4)5)31-41-34(37)27-25-23-21-15-13-11-9-7-2/h18-19,22,24,33H,6-17,20-21,23,25-32H2,1-5H3/p+1/b19-18+,24-22+. The van der Waals surface area contributed by atoms with E-state index in [0.717, 1.165) is 32.1 Å². The SMILES string of the molecule is CCCCCCCC/C=C/C/C=C/CCC(=O)OC(COC(=O)CCCCCCCCCC)COP(=O)(O)OCC[N+](C)(C)C. The molecule has 0 aliphatic rings. The molecule has 0 amide bonds. The summed E-state index contributed by atoms with van der Waals surface area (Å²) < 4.78 is 33.9. The van der Waals surface area contributed by atoms with Crippen molar-refractivity contribution in [2.45, 2.75) is 142 Å². The number of hydrogen-bond donors (Lipinski definition) is 1. The molecule has 0 spiro atoms. The van der Waals surface area contributed by atoms with Crippen molar-refractivity contribution < 1.29 is 42.1 Å². The number of likely N-dealkylation sites (N-methyl/N-ethyl adjacent to an activating group) is 1. The minimum absolute atomic E-state index is 0.0237. The van der Waals surface area contributed by atoms with Crippen molar-refractivity contribution in [1.82, 2.24) is 0 Å². The summed E-state index contributed by atoms with van der Waals surface area (Å²) in [6.07, 6.45) is 26.8. The van der Waals surface area contributed by atoms with Gasteiger partial charge in [0, 0.05) is 12.8 Å². The number of ether oxygens (including phenoxy) is 2. The van der Waals surface area contributed by atoms with E-state index in [9.17, 15) is 19.0 Å². The van der Waals surface area contributed by atoms with Gasteiger partial charge >= 0.3 is 19.8 Å². The number of unbranched alkanes of at least 4 members (excludes halogenated alkanes) is 13. The molecule has 2 atom stereocenters. The average Bonchev–Trinajstić information content (AvgIpc) is 2.97. The second kappa shape index (κ2) is 28.7. The Bertz CT molecular complexity index is 840. The number of carbonyl (C=O) groups excluding carboxylic acids is 2. The van der Waals surface area contributed by atoms with Crippen LogP contribution < -0.4 is 0 Å². The minimum atomic E-state index is -4.37. The molecule has 0 bridgehead atoms. The number of phosphoric acid groups is 1. The molecule has 0 radical (unpaired) electrons. The smallest absolute Gasteiger partial charge is 0.462 e. The van der Waals surface area contributed by atoms with E-state index in [4.69, 9.17) is 18.5 Å². The number of phosphoric ester groups is 1. The Kier molecular flexibility index (Phi) is 27.7. The van der Waals surface area contributed by atoms with Crippen LogP contribution in [0.1, 0.15) is 136 Å². The van der Waals surface area contributed by atoms with Crippen LogP contribution in [0.2, 0.25) is 0 Å². The summed E-state index contributed by atoms with van der Waals surface area (Å²) in [5.41, 5.74) is 0. The van der Waals surface area contributed by atoms with E-state index in [2.05, 4.69) is 26.0 Å². The molecule has 45 heavy (non-hydrogen) atoms. The van der Waals surface area contributed by atoms with Crippen LogP contribution in [0.5, 0.6) is 0 Å². The highest BCUT2D eigenvalue weighted by atomic mass is 31.2. The van der Waals surface area contributed by atoms with Gasteiger partial charge in [-0.25, -0.2) is 4.57 Å². The molecule has 0 aliphatic heterocycles. The fourth-order valence-corrected chi connectivity index (χ4v) is 5.16. The zero-order valence-corrected chi connectivity index (χ0v) is 30.2. The van der Waals surface area contributed by atoms with Crippen LogP contribution in [0.25, 0.3) is 0 Å². The molecule has 0 heterocycles. The summed E-state index contributed by atoms with van der Waals surface area (Å²) in [4.78, 5) is 34.9. The number of rotatable bonds is 31. The molecule has 0 saturated heterocycles. The molecule has 0 aliphatic carbocycles. The molecular formula is C35H67NO8P+. The van der Waals surface area contributed by atoms with Crippen molar-refractivity contribution in [3.8, 4) is 0 Å². The molecule has 0 aromatic carbocycles. The normalized spacial score (nSPS) is 14.2. The highest BCUT2D eigenvalue weighted by molar-refractivity contribution is 7.47. The van der Waals surface area contributed by atoms with Crippen molar-refractivity contribution in [2.24, 2.45) is 0 Å². The molecule has 264 valence electrons. The molecule has 0 saturated carbocycles. The average molecular weight is 661 g/mol. The van der Waals surface area contributed by atoms with Crippen molar-refractivity contribution in [2.75, 3.05) is 47.5 Å². The summed E-state index contributed by atoms with van der Waals surface area (Å²) in [6.45, 7) is 4.28. The van der Waals surface area contributed by atoms with Crippen molar-refractivity contribution in [3.05, 3.63) is 24.3 Å². The van der Waals surface area contributed by atoms with Gasteiger partial charge in [0.2, 0.25) is 0 Å². The zero-order chi connectivity index (χ0) is 33.7. The molecule has 9 nitrogen and oxygen atoms in total. The molecule has 0 rings (SSSR count). The summed E-state index contributed by atoms with van der Waals surface area (Å²) in [5.74, 6) is -0.884. The van der Waals surface area contributed by atoms with Crippen LogP contribution in [0.15, 0.2) is 24.3 Å². The summed E-state index contributed by atoms with van der Waals surface area (Å²) in [7, 11) is 1.44. The fourth-order valence-electron chi connectivity index (χ4n) is 4.42. The third-order valence-electron chi connectivity index (χ3n) is 7.25. The molecule has 1 N–H and O–H groups in total. The van der Waals surface area contributed by atoms with Gasteiger partial charge in [0.05, 0.1) is 27.7 Å². The number of allylic oxidation sites excluding steroid dienone is 4. The van der Waals surface area contributed by atoms with Gasteiger partial charge in [-0.2, -0.15) is 0 Å². The van der Waals surface area contributed by atoms with Gasteiger partial charge < -0.3 is 18.9 Å². The first-order chi connectivity index (χ1) is 21.5. The first kappa shape index (κ1) is 43.5. The Morgan fingerprint density at radius 3 is 1.84 bits per heavy atom. The van der Waals surface area contributed by atoms with Crippen LogP contribution in [-0.2, 0) is 32.7 Å². The highest BCUT2D eigenvalue weighted by Crippen LogP contribution is 2.43. The summed E-state index contributed by atoms with van der Waals surface area (Å²) in [6, 6.07) is 0. The van der Waals surface area contributed by atoms with Crippen molar-refractivity contribution >= 4 is 19.8 Å². The van der Waals surface area contributed by atoms with Gasteiger partial charge in [0.1, 0.15) is 19.8 Å². The van der Waals surface area contributed by atoms with E-state index in [1.54, 1.807) is 0 Å². The monoisotopic (exact) mass is 660 g/mol. The maximum Gasteiger partial charge on any atom is 0.472 e. The predicted octanol–water partition coefficient (Wildman–Crippen LogP) is 8.85. The first-order valence-corrected chi connectivity index (χ1v) is 19.1. The van der Waals surface area contributed by atoms with E-state index in [0.29, 0.717) is 17.4 Å². The third kappa shape index (κ3) is 32.2. The first-order valence-electron chi connectivity index (χ1n) is 17.6.